The summed E-state index contributed by atoms with van der Waals surface area (Å²) in [6, 6.07) is 15.4. The maximum absolute atomic E-state index is 12.2. The summed E-state index contributed by atoms with van der Waals surface area (Å²) in [5.74, 6) is -0.870. The molecule has 2 N–H and O–H groups in total. The maximum Gasteiger partial charge on any atom is 0.271 e. The van der Waals surface area contributed by atoms with E-state index in [2.05, 4.69) is 15.8 Å². The van der Waals surface area contributed by atoms with E-state index >= 15 is 0 Å². The van der Waals surface area contributed by atoms with Crippen LogP contribution in [0.25, 0.3) is 0 Å². The Morgan fingerprint density at radius 2 is 1.79 bits per heavy atom. The van der Waals surface area contributed by atoms with E-state index < -0.39 is 10.8 Å². The largest absolute Gasteiger partial charge is 0.322 e. The fraction of sp³-hybridized carbons (Fsp3) is 0. The highest BCUT2D eigenvalue weighted by Gasteiger charge is 2.12. The Balaban J connectivity index is 1.60. The van der Waals surface area contributed by atoms with Gasteiger partial charge in [-0.1, -0.05) is 12.1 Å². The van der Waals surface area contributed by atoms with Crippen LogP contribution in [0.1, 0.15) is 25.6 Å². The summed E-state index contributed by atoms with van der Waals surface area (Å²) < 4.78 is 0. The molecule has 3 rings (SSSR count). The minimum Gasteiger partial charge on any atom is -0.322 e. The third kappa shape index (κ3) is 4.86. The third-order valence-corrected chi connectivity index (χ3v) is 4.43. The van der Waals surface area contributed by atoms with Gasteiger partial charge in [0.05, 0.1) is 11.1 Å². The van der Waals surface area contributed by atoms with Gasteiger partial charge in [0, 0.05) is 33.8 Å². The van der Waals surface area contributed by atoms with Gasteiger partial charge < -0.3 is 5.32 Å². The van der Waals surface area contributed by atoms with Crippen LogP contribution < -0.4 is 10.7 Å². The van der Waals surface area contributed by atoms with Crippen molar-refractivity contribution < 1.29 is 14.5 Å². The molecule has 0 unspecified atom stereocenters. The Morgan fingerprint density at radius 1 is 1.00 bits per heavy atom. The summed E-state index contributed by atoms with van der Waals surface area (Å²) in [6.07, 6.45) is 1.55. The number of non-ortho nitro benzene ring substituents is 1. The first-order valence-electron chi connectivity index (χ1n) is 8.06. The standard InChI is InChI=1S/C19H14N4O4S/c24-18(14-3-1-4-16(11-14)23(26)27)21-15-8-6-13(7-9-15)19(25)22-20-12-17-5-2-10-28-17/h1-12H,(H,21,24)(H,22,25)/b20-12+. The lowest BCUT2D eigenvalue weighted by atomic mass is 10.1. The van der Waals surface area contributed by atoms with Crippen LogP contribution in [0.2, 0.25) is 0 Å². The number of benzene rings is 2. The number of anilines is 1. The SMILES string of the molecule is O=C(N/N=C/c1cccs1)c1ccc(NC(=O)c2cccc([N+](=O)[O-])c2)cc1. The summed E-state index contributed by atoms with van der Waals surface area (Å²) in [5.41, 5.74) is 3.25. The van der Waals surface area contributed by atoms with Gasteiger partial charge in [-0.3, -0.25) is 19.7 Å². The monoisotopic (exact) mass is 394 g/mol. The average molecular weight is 394 g/mol. The van der Waals surface area contributed by atoms with Crippen LogP contribution >= 0.6 is 11.3 Å². The van der Waals surface area contributed by atoms with Crippen LogP contribution in [0.4, 0.5) is 11.4 Å². The zero-order chi connectivity index (χ0) is 19.9. The minimum atomic E-state index is -0.564. The Labute approximate surface area is 163 Å². The van der Waals surface area contributed by atoms with Crippen LogP contribution in [0.5, 0.6) is 0 Å². The van der Waals surface area contributed by atoms with Crippen molar-refractivity contribution in [3.05, 3.63) is 92.2 Å². The number of carbonyl (C=O) groups is 2. The van der Waals surface area contributed by atoms with Gasteiger partial charge in [0.15, 0.2) is 0 Å². The molecular weight excluding hydrogens is 380 g/mol. The van der Waals surface area contributed by atoms with E-state index in [1.165, 1.54) is 35.6 Å². The van der Waals surface area contributed by atoms with Gasteiger partial charge in [-0.25, -0.2) is 5.43 Å². The molecule has 140 valence electrons. The summed E-state index contributed by atoms with van der Waals surface area (Å²) in [6.45, 7) is 0. The fourth-order valence-electron chi connectivity index (χ4n) is 2.25. The van der Waals surface area contributed by atoms with Gasteiger partial charge in [-0.15, -0.1) is 11.3 Å². The first-order valence-corrected chi connectivity index (χ1v) is 8.94. The van der Waals surface area contributed by atoms with E-state index in [0.717, 1.165) is 4.88 Å². The van der Waals surface area contributed by atoms with Gasteiger partial charge in [0.1, 0.15) is 0 Å². The van der Waals surface area contributed by atoms with Crippen molar-refractivity contribution in [2.45, 2.75) is 0 Å². The lowest BCUT2D eigenvalue weighted by molar-refractivity contribution is -0.384. The van der Waals surface area contributed by atoms with Crippen molar-refractivity contribution in [2.24, 2.45) is 5.10 Å². The molecule has 0 saturated heterocycles. The molecule has 0 atom stereocenters. The van der Waals surface area contributed by atoms with Gasteiger partial charge in [-0.2, -0.15) is 5.10 Å². The van der Waals surface area contributed by atoms with E-state index in [0.29, 0.717) is 11.3 Å². The predicted octanol–water partition coefficient (Wildman–Crippen LogP) is 3.67. The average Bonchev–Trinajstić information content (AvgIpc) is 3.22. The van der Waals surface area contributed by atoms with E-state index in [1.807, 2.05) is 17.5 Å². The molecule has 9 heteroatoms. The Kier molecular flexibility index (Phi) is 5.87. The molecule has 0 aliphatic rings. The van der Waals surface area contributed by atoms with Crippen molar-refractivity contribution in [3.8, 4) is 0 Å². The Morgan fingerprint density at radius 3 is 2.46 bits per heavy atom. The highest BCUT2D eigenvalue weighted by molar-refractivity contribution is 7.11. The van der Waals surface area contributed by atoms with E-state index in [9.17, 15) is 19.7 Å². The first kappa shape index (κ1) is 18.9. The molecule has 2 amide bonds. The summed E-state index contributed by atoms with van der Waals surface area (Å²) in [7, 11) is 0. The van der Waals surface area contributed by atoms with Crippen molar-refractivity contribution in [3.63, 3.8) is 0 Å². The molecule has 1 aromatic heterocycles. The molecule has 0 bridgehead atoms. The second kappa shape index (κ2) is 8.69. The number of nitrogens with zero attached hydrogens (tertiary/aromatic N) is 2. The number of nitrogens with one attached hydrogen (secondary N) is 2. The summed E-state index contributed by atoms with van der Waals surface area (Å²) in [5, 5.41) is 19.2. The molecular formula is C19H14N4O4S. The molecule has 0 aliphatic carbocycles. The molecule has 28 heavy (non-hydrogen) atoms. The number of thiophene rings is 1. The molecule has 0 aliphatic heterocycles. The topological polar surface area (TPSA) is 114 Å². The molecule has 0 saturated carbocycles. The zero-order valence-corrected chi connectivity index (χ0v) is 15.2. The Hall–Kier alpha value is -3.85. The zero-order valence-electron chi connectivity index (χ0n) is 14.4. The maximum atomic E-state index is 12.2. The number of rotatable bonds is 6. The van der Waals surface area contributed by atoms with Crippen molar-refractivity contribution in [2.75, 3.05) is 5.32 Å². The number of nitro benzene ring substituents is 1. The normalized spacial score (nSPS) is 10.6. The number of nitro groups is 1. The lowest BCUT2D eigenvalue weighted by Gasteiger charge is -2.06. The number of hydrazone groups is 1. The van der Waals surface area contributed by atoms with Crippen LogP contribution in [0, 0.1) is 10.1 Å². The van der Waals surface area contributed by atoms with Gasteiger partial charge in [0.2, 0.25) is 0 Å². The number of hydrogen-bond donors (Lipinski definition) is 2. The first-order chi connectivity index (χ1) is 13.5. The molecule has 0 spiro atoms. The number of amides is 2. The van der Waals surface area contributed by atoms with Crippen LogP contribution in [0.3, 0.4) is 0 Å². The minimum absolute atomic E-state index is 0.164. The smallest absolute Gasteiger partial charge is 0.271 e. The number of hydrogen-bond acceptors (Lipinski definition) is 6. The van der Waals surface area contributed by atoms with Crippen molar-refractivity contribution in [1.82, 2.24) is 5.43 Å². The van der Waals surface area contributed by atoms with Crippen LogP contribution in [0.15, 0.2) is 71.1 Å². The van der Waals surface area contributed by atoms with Crippen molar-refractivity contribution in [1.29, 1.82) is 0 Å². The van der Waals surface area contributed by atoms with Crippen LogP contribution in [-0.4, -0.2) is 23.0 Å². The third-order valence-electron chi connectivity index (χ3n) is 3.63. The lowest BCUT2D eigenvalue weighted by Crippen LogP contribution is -2.17. The second-order valence-corrected chi connectivity index (χ2v) is 6.53. The summed E-state index contributed by atoms with van der Waals surface area (Å²) in [4.78, 5) is 35.4. The predicted molar refractivity (Wildman–Crippen MR) is 107 cm³/mol. The molecule has 3 aromatic rings. The molecule has 1 heterocycles. The van der Waals surface area contributed by atoms with Gasteiger partial charge >= 0.3 is 0 Å². The highest BCUT2D eigenvalue weighted by atomic mass is 32.1. The summed E-state index contributed by atoms with van der Waals surface area (Å²) >= 11 is 1.50. The molecule has 0 radical (unpaired) electrons. The number of carbonyl (C=O) groups excluding carboxylic acids is 2. The van der Waals surface area contributed by atoms with Crippen LogP contribution in [-0.2, 0) is 0 Å². The van der Waals surface area contributed by atoms with E-state index in [-0.39, 0.29) is 17.2 Å². The highest BCUT2D eigenvalue weighted by Crippen LogP contribution is 2.16. The quantitative estimate of drug-likeness (QED) is 0.377. The fourth-order valence-corrected chi connectivity index (χ4v) is 2.84. The van der Waals surface area contributed by atoms with E-state index in [1.54, 1.807) is 30.5 Å². The molecule has 0 fully saturated rings. The Bertz CT molecular complexity index is 1030. The molecule has 8 nitrogen and oxygen atoms in total. The van der Waals surface area contributed by atoms with Crippen molar-refractivity contribution >= 4 is 40.7 Å². The second-order valence-electron chi connectivity index (χ2n) is 5.55. The van der Waals surface area contributed by atoms with Gasteiger partial charge in [0.25, 0.3) is 17.5 Å². The molecule has 2 aromatic carbocycles. The van der Waals surface area contributed by atoms with E-state index in [4.69, 9.17) is 0 Å². The van der Waals surface area contributed by atoms with Gasteiger partial charge in [-0.05, 0) is 41.8 Å².